The van der Waals surface area contributed by atoms with E-state index in [1.807, 2.05) is 0 Å². The standard InChI is InChI=1S/C48H70N4/c1-5-9-13-17-21-25-29-39-33-43(47(37-51)45(35-49)41(39)31-27-23-19-15-11-7-3)44-34-40(30-26-22-18-14-10-6-2)42(46(36-50)48(44)38-52)32-28-24-20-16-12-8-4/h33-34H,5-32H2,1-4H3. The molecule has 282 valence electrons. The van der Waals surface area contributed by atoms with Crippen LogP contribution in [0, 0.1) is 45.3 Å². The molecule has 0 saturated carbocycles. The fourth-order valence-electron chi connectivity index (χ4n) is 7.84. The first-order valence-electron chi connectivity index (χ1n) is 21.5. The van der Waals surface area contributed by atoms with Gasteiger partial charge in [-0.15, -0.1) is 0 Å². The molecule has 0 N–H and O–H groups in total. The maximum absolute atomic E-state index is 10.7. The summed E-state index contributed by atoms with van der Waals surface area (Å²) in [7, 11) is 0. The molecule has 0 spiro atoms. The minimum Gasteiger partial charge on any atom is -0.192 e. The van der Waals surface area contributed by atoms with Crippen LogP contribution in [-0.4, -0.2) is 0 Å². The second kappa shape index (κ2) is 28.0. The van der Waals surface area contributed by atoms with Gasteiger partial charge in [-0.2, -0.15) is 21.0 Å². The van der Waals surface area contributed by atoms with Crippen molar-refractivity contribution in [3.8, 4) is 35.4 Å². The maximum atomic E-state index is 10.7. The molecule has 4 nitrogen and oxygen atoms in total. The molecule has 0 atom stereocenters. The van der Waals surface area contributed by atoms with Crippen molar-refractivity contribution in [1.29, 1.82) is 21.0 Å². The van der Waals surface area contributed by atoms with Crippen LogP contribution in [0.2, 0.25) is 0 Å². The molecule has 2 aromatic carbocycles. The largest absolute Gasteiger partial charge is 0.192 e. The number of hydrogen-bond acceptors (Lipinski definition) is 4. The van der Waals surface area contributed by atoms with Crippen molar-refractivity contribution in [2.75, 3.05) is 0 Å². The van der Waals surface area contributed by atoms with Crippen molar-refractivity contribution in [1.82, 2.24) is 0 Å². The Balaban J connectivity index is 2.68. The summed E-state index contributed by atoms with van der Waals surface area (Å²) in [6, 6.07) is 14.1. The van der Waals surface area contributed by atoms with E-state index in [0.717, 1.165) is 99.3 Å². The van der Waals surface area contributed by atoms with E-state index >= 15 is 0 Å². The fourth-order valence-corrected chi connectivity index (χ4v) is 7.84. The molecular formula is C48H70N4. The molecular weight excluding hydrogens is 633 g/mol. The van der Waals surface area contributed by atoms with Gasteiger partial charge in [0, 0.05) is 11.1 Å². The van der Waals surface area contributed by atoms with E-state index in [-0.39, 0.29) is 0 Å². The minimum absolute atomic E-state index is 0.366. The Hall–Kier alpha value is -3.60. The van der Waals surface area contributed by atoms with E-state index in [9.17, 15) is 21.0 Å². The van der Waals surface area contributed by atoms with Crippen LogP contribution < -0.4 is 0 Å². The molecule has 0 fully saturated rings. The molecule has 2 rings (SSSR count). The topological polar surface area (TPSA) is 95.2 Å². The SMILES string of the molecule is CCCCCCCCc1cc(-c2cc(CCCCCCCC)c(CCCCCCCC)c(C#N)c2C#N)c(C#N)c(C#N)c1CCCCCCCC. The zero-order valence-electron chi connectivity index (χ0n) is 33.7. The second-order valence-corrected chi connectivity index (χ2v) is 15.1. The minimum atomic E-state index is 0.366. The monoisotopic (exact) mass is 703 g/mol. The molecule has 4 heteroatoms. The predicted octanol–water partition coefficient (Wildman–Crippen LogP) is 14.5. The van der Waals surface area contributed by atoms with Crippen LogP contribution in [-0.2, 0) is 25.7 Å². The number of hydrogen-bond donors (Lipinski definition) is 0. The number of rotatable bonds is 29. The van der Waals surface area contributed by atoms with Gasteiger partial charge >= 0.3 is 0 Å². The lowest BCUT2D eigenvalue weighted by molar-refractivity contribution is 0.598. The summed E-state index contributed by atoms with van der Waals surface area (Å²) in [6.45, 7) is 8.95. The van der Waals surface area contributed by atoms with Gasteiger partial charge in [0.25, 0.3) is 0 Å². The third kappa shape index (κ3) is 14.8. The van der Waals surface area contributed by atoms with Crippen molar-refractivity contribution >= 4 is 0 Å². The molecule has 2 aromatic rings. The Labute approximate surface area is 319 Å². The molecule has 52 heavy (non-hydrogen) atoms. The third-order valence-electron chi connectivity index (χ3n) is 11.0. The number of nitriles is 4. The molecule has 0 unspecified atom stereocenters. The van der Waals surface area contributed by atoms with E-state index in [0.29, 0.717) is 33.4 Å². The Morgan fingerprint density at radius 2 is 0.577 bits per heavy atom. The molecule has 0 aliphatic carbocycles. The van der Waals surface area contributed by atoms with Gasteiger partial charge in [-0.25, -0.2) is 0 Å². The van der Waals surface area contributed by atoms with Gasteiger partial charge in [0.15, 0.2) is 0 Å². The molecule has 0 amide bonds. The lowest BCUT2D eigenvalue weighted by atomic mass is 9.81. The van der Waals surface area contributed by atoms with Gasteiger partial charge in [0.1, 0.15) is 24.3 Å². The highest BCUT2D eigenvalue weighted by Crippen LogP contribution is 2.38. The van der Waals surface area contributed by atoms with Crippen LogP contribution in [0.15, 0.2) is 12.1 Å². The van der Waals surface area contributed by atoms with E-state index in [4.69, 9.17) is 0 Å². The zero-order valence-corrected chi connectivity index (χ0v) is 33.7. The van der Waals surface area contributed by atoms with Crippen LogP contribution in [0.1, 0.15) is 226 Å². The number of benzene rings is 2. The first-order chi connectivity index (χ1) is 25.6. The molecule has 0 radical (unpaired) electrons. The first-order valence-corrected chi connectivity index (χ1v) is 21.5. The summed E-state index contributed by atoms with van der Waals surface area (Å²) < 4.78 is 0. The van der Waals surface area contributed by atoms with Crippen LogP contribution in [0.25, 0.3) is 11.1 Å². The first kappa shape index (κ1) is 44.6. The van der Waals surface area contributed by atoms with Gasteiger partial charge < -0.3 is 0 Å². The van der Waals surface area contributed by atoms with Gasteiger partial charge in [0.2, 0.25) is 0 Å². The highest BCUT2D eigenvalue weighted by atomic mass is 14.3. The Morgan fingerprint density at radius 1 is 0.327 bits per heavy atom. The van der Waals surface area contributed by atoms with E-state index < -0.39 is 0 Å². The van der Waals surface area contributed by atoms with Gasteiger partial charge in [-0.05, 0) is 85.8 Å². The van der Waals surface area contributed by atoms with Crippen LogP contribution in [0.3, 0.4) is 0 Å². The summed E-state index contributed by atoms with van der Waals surface area (Å²) in [5, 5.41) is 42.7. The van der Waals surface area contributed by atoms with Crippen LogP contribution >= 0.6 is 0 Å². The van der Waals surface area contributed by atoms with Crippen LogP contribution in [0.5, 0.6) is 0 Å². The van der Waals surface area contributed by atoms with Gasteiger partial charge in [0.05, 0.1) is 22.3 Å². The second-order valence-electron chi connectivity index (χ2n) is 15.1. The predicted molar refractivity (Wildman–Crippen MR) is 219 cm³/mol. The van der Waals surface area contributed by atoms with E-state index in [1.54, 1.807) is 0 Å². The molecule has 0 heterocycles. The summed E-state index contributed by atoms with van der Waals surface area (Å²) in [5.74, 6) is 0. The average molecular weight is 703 g/mol. The summed E-state index contributed by atoms with van der Waals surface area (Å²) >= 11 is 0. The average Bonchev–Trinajstić information content (AvgIpc) is 3.16. The normalized spacial score (nSPS) is 10.8. The van der Waals surface area contributed by atoms with Gasteiger partial charge in [-0.1, -0.05) is 156 Å². The molecule has 0 bridgehead atoms. The smallest absolute Gasteiger partial charge is 0.101 e. The lowest BCUT2D eigenvalue weighted by Gasteiger charge is -2.20. The maximum Gasteiger partial charge on any atom is 0.101 e. The zero-order chi connectivity index (χ0) is 37.8. The van der Waals surface area contributed by atoms with E-state index in [2.05, 4.69) is 64.1 Å². The van der Waals surface area contributed by atoms with Gasteiger partial charge in [-0.3, -0.25) is 0 Å². The summed E-state index contributed by atoms with van der Waals surface area (Å²) in [4.78, 5) is 0. The fraction of sp³-hybridized carbons (Fsp3) is 0.667. The van der Waals surface area contributed by atoms with Crippen molar-refractivity contribution in [2.24, 2.45) is 0 Å². The Bertz CT molecular complexity index is 1380. The molecule has 0 aliphatic rings. The van der Waals surface area contributed by atoms with E-state index in [1.165, 1.54) is 103 Å². The van der Waals surface area contributed by atoms with Crippen molar-refractivity contribution in [3.05, 3.63) is 56.6 Å². The number of nitrogens with zero attached hydrogens (tertiary/aromatic N) is 4. The van der Waals surface area contributed by atoms with Crippen LogP contribution in [0.4, 0.5) is 0 Å². The van der Waals surface area contributed by atoms with Crippen molar-refractivity contribution in [2.45, 2.75) is 207 Å². The summed E-state index contributed by atoms with van der Waals surface area (Å²) in [6.07, 6.45) is 31.6. The molecule has 0 saturated heterocycles. The Morgan fingerprint density at radius 3 is 0.846 bits per heavy atom. The van der Waals surface area contributed by atoms with Crippen molar-refractivity contribution < 1.29 is 0 Å². The Kier molecular flexibility index (Phi) is 24.0. The molecule has 0 aromatic heterocycles. The number of aryl methyl sites for hydroxylation is 2. The highest BCUT2D eigenvalue weighted by Gasteiger charge is 2.24. The lowest BCUT2D eigenvalue weighted by Crippen LogP contribution is -2.08. The summed E-state index contributed by atoms with van der Waals surface area (Å²) in [5.41, 5.74) is 7.35. The third-order valence-corrected chi connectivity index (χ3v) is 11.0. The number of unbranched alkanes of at least 4 members (excludes halogenated alkanes) is 20. The quantitative estimate of drug-likeness (QED) is 0.0788. The highest BCUT2D eigenvalue weighted by molar-refractivity contribution is 5.83. The van der Waals surface area contributed by atoms with Crippen molar-refractivity contribution in [3.63, 3.8) is 0 Å². The molecule has 0 aliphatic heterocycles.